The summed E-state index contributed by atoms with van der Waals surface area (Å²) in [6, 6.07) is 15.7. The SMILES string of the molecule is COc1ccc(-n2nc3ccc(NC(=O)c4cc(Br)ccc4Cl)cc3n2)cc1Cl. The summed E-state index contributed by atoms with van der Waals surface area (Å²) in [4.78, 5) is 14.0. The molecule has 1 aromatic heterocycles. The summed E-state index contributed by atoms with van der Waals surface area (Å²) in [7, 11) is 1.55. The summed E-state index contributed by atoms with van der Waals surface area (Å²) >= 11 is 15.7. The van der Waals surface area contributed by atoms with E-state index >= 15 is 0 Å². The number of amides is 1. The normalized spacial score (nSPS) is 10.9. The number of hydrogen-bond acceptors (Lipinski definition) is 4. The van der Waals surface area contributed by atoms with E-state index in [2.05, 4.69) is 31.4 Å². The van der Waals surface area contributed by atoms with Gasteiger partial charge in [0.25, 0.3) is 5.91 Å². The van der Waals surface area contributed by atoms with Crippen LogP contribution in [0.5, 0.6) is 5.75 Å². The van der Waals surface area contributed by atoms with E-state index in [0.29, 0.717) is 43.8 Å². The molecule has 1 N–H and O–H groups in total. The van der Waals surface area contributed by atoms with Crippen molar-refractivity contribution < 1.29 is 9.53 Å². The summed E-state index contributed by atoms with van der Waals surface area (Å²) in [6.07, 6.45) is 0. The summed E-state index contributed by atoms with van der Waals surface area (Å²) in [5.41, 5.74) is 2.94. The molecular weight excluding hydrogens is 479 g/mol. The number of aromatic nitrogens is 3. The fraction of sp³-hybridized carbons (Fsp3) is 0.0500. The number of benzene rings is 3. The van der Waals surface area contributed by atoms with E-state index in [1.807, 2.05) is 6.07 Å². The molecule has 0 saturated heterocycles. The van der Waals surface area contributed by atoms with Crippen LogP contribution in [0.4, 0.5) is 5.69 Å². The molecule has 0 spiro atoms. The van der Waals surface area contributed by atoms with Crippen LogP contribution in [0.1, 0.15) is 10.4 Å². The number of nitrogens with zero attached hydrogens (tertiary/aromatic N) is 3. The Morgan fingerprint density at radius 2 is 1.79 bits per heavy atom. The van der Waals surface area contributed by atoms with Crippen LogP contribution in [-0.2, 0) is 0 Å². The minimum Gasteiger partial charge on any atom is -0.495 e. The van der Waals surface area contributed by atoms with Crippen molar-refractivity contribution in [2.45, 2.75) is 0 Å². The lowest BCUT2D eigenvalue weighted by Crippen LogP contribution is -2.12. The number of carbonyl (C=O) groups excluding carboxylic acids is 1. The van der Waals surface area contributed by atoms with Crippen LogP contribution in [0, 0.1) is 0 Å². The summed E-state index contributed by atoms with van der Waals surface area (Å²) in [5.74, 6) is 0.258. The molecular formula is C20H13BrCl2N4O2. The number of anilines is 1. The molecule has 0 atom stereocenters. The van der Waals surface area contributed by atoms with Crippen LogP contribution in [0.3, 0.4) is 0 Å². The van der Waals surface area contributed by atoms with Crippen molar-refractivity contribution in [1.82, 2.24) is 15.0 Å². The number of methoxy groups -OCH3 is 1. The number of nitrogens with one attached hydrogen (secondary N) is 1. The van der Waals surface area contributed by atoms with Gasteiger partial charge in [-0.25, -0.2) is 0 Å². The minimum absolute atomic E-state index is 0.315. The van der Waals surface area contributed by atoms with Crippen LogP contribution < -0.4 is 10.1 Å². The maximum absolute atomic E-state index is 12.6. The molecule has 0 bridgehead atoms. The second-order valence-corrected chi connectivity index (χ2v) is 7.82. The standard InChI is InChI=1S/C20H13BrCl2N4O2/c1-29-19-7-4-13(10-16(19)23)27-25-17-6-3-12(9-18(17)26-27)24-20(28)14-8-11(21)2-5-15(14)22/h2-10H,1H3,(H,24,28). The van der Waals surface area contributed by atoms with Crippen molar-refractivity contribution in [2.75, 3.05) is 12.4 Å². The van der Waals surface area contributed by atoms with Gasteiger partial charge in [0.1, 0.15) is 16.8 Å². The van der Waals surface area contributed by atoms with Gasteiger partial charge >= 0.3 is 0 Å². The van der Waals surface area contributed by atoms with Crippen molar-refractivity contribution in [2.24, 2.45) is 0 Å². The van der Waals surface area contributed by atoms with Gasteiger partial charge in [0, 0.05) is 10.2 Å². The molecule has 9 heteroatoms. The minimum atomic E-state index is -0.315. The van der Waals surface area contributed by atoms with Gasteiger partial charge in [-0.05, 0) is 54.6 Å². The zero-order chi connectivity index (χ0) is 20.5. The van der Waals surface area contributed by atoms with Gasteiger partial charge < -0.3 is 10.1 Å². The van der Waals surface area contributed by atoms with E-state index in [9.17, 15) is 4.79 Å². The van der Waals surface area contributed by atoms with E-state index in [-0.39, 0.29) is 5.91 Å². The average molecular weight is 492 g/mol. The van der Waals surface area contributed by atoms with Crippen LogP contribution >= 0.6 is 39.1 Å². The highest BCUT2D eigenvalue weighted by Crippen LogP contribution is 2.27. The maximum atomic E-state index is 12.6. The fourth-order valence-electron chi connectivity index (χ4n) is 2.76. The number of carbonyl (C=O) groups is 1. The molecule has 1 heterocycles. The molecule has 0 aliphatic carbocycles. The molecule has 0 aliphatic rings. The Hall–Kier alpha value is -2.61. The summed E-state index contributed by atoms with van der Waals surface area (Å²) in [5, 5.41) is 12.6. The molecule has 1 amide bonds. The van der Waals surface area contributed by atoms with E-state index < -0.39 is 0 Å². The Morgan fingerprint density at radius 3 is 2.55 bits per heavy atom. The quantitative estimate of drug-likeness (QED) is 0.394. The van der Waals surface area contributed by atoms with Crippen LogP contribution in [0.15, 0.2) is 59.1 Å². The number of halogens is 3. The van der Waals surface area contributed by atoms with E-state index in [1.165, 1.54) is 4.80 Å². The molecule has 4 rings (SSSR count). The van der Waals surface area contributed by atoms with Gasteiger partial charge in [-0.15, -0.1) is 10.2 Å². The van der Waals surface area contributed by atoms with E-state index in [4.69, 9.17) is 27.9 Å². The highest BCUT2D eigenvalue weighted by molar-refractivity contribution is 9.10. The highest BCUT2D eigenvalue weighted by atomic mass is 79.9. The molecule has 0 radical (unpaired) electrons. The smallest absolute Gasteiger partial charge is 0.257 e. The third kappa shape index (κ3) is 4.07. The Kier molecular flexibility index (Phi) is 5.45. The van der Waals surface area contributed by atoms with Crippen molar-refractivity contribution in [1.29, 1.82) is 0 Å². The Balaban J connectivity index is 1.62. The average Bonchev–Trinajstić information content (AvgIpc) is 3.13. The zero-order valence-corrected chi connectivity index (χ0v) is 18.1. The second-order valence-electron chi connectivity index (χ2n) is 6.09. The largest absolute Gasteiger partial charge is 0.495 e. The molecule has 0 unspecified atom stereocenters. The third-order valence-electron chi connectivity index (χ3n) is 4.18. The molecule has 0 fully saturated rings. The molecule has 29 heavy (non-hydrogen) atoms. The first kappa shape index (κ1) is 19.7. The van der Waals surface area contributed by atoms with Crippen molar-refractivity contribution >= 4 is 61.8 Å². The van der Waals surface area contributed by atoms with Gasteiger partial charge in [0.05, 0.1) is 28.4 Å². The molecule has 0 aliphatic heterocycles. The van der Waals surface area contributed by atoms with Gasteiger partial charge in [-0.2, -0.15) is 4.80 Å². The predicted molar refractivity (Wildman–Crippen MR) is 118 cm³/mol. The molecule has 146 valence electrons. The first-order chi connectivity index (χ1) is 13.9. The number of rotatable bonds is 4. The maximum Gasteiger partial charge on any atom is 0.257 e. The molecule has 3 aromatic carbocycles. The van der Waals surface area contributed by atoms with Gasteiger partial charge in [0.2, 0.25) is 0 Å². The monoisotopic (exact) mass is 490 g/mol. The highest BCUT2D eigenvalue weighted by Gasteiger charge is 2.13. The Bertz CT molecular complexity index is 1240. The fourth-order valence-corrected chi connectivity index (χ4v) is 3.57. The summed E-state index contributed by atoms with van der Waals surface area (Å²) in [6.45, 7) is 0. The topological polar surface area (TPSA) is 69.0 Å². The number of hydrogen-bond donors (Lipinski definition) is 1. The first-order valence-corrected chi connectivity index (χ1v) is 9.97. The van der Waals surface area contributed by atoms with Crippen LogP contribution in [0.2, 0.25) is 10.0 Å². The molecule has 4 aromatic rings. The van der Waals surface area contributed by atoms with Crippen LogP contribution in [0.25, 0.3) is 16.7 Å². The lowest BCUT2D eigenvalue weighted by atomic mass is 10.2. The number of ether oxygens (including phenoxy) is 1. The Labute approximate surface area is 184 Å². The predicted octanol–water partition coefficient (Wildman–Crippen LogP) is 5.75. The van der Waals surface area contributed by atoms with Crippen molar-refractivity contribution in [3.63, 3.8) is 0 Å². The molecule has 6 nitrogen and oxygen atoms in total. The van der Waals surface area contributed by atoms with Gasteiger partial charge in [0.15, 0.2) is 0 Å². The van der Waals surface area contributed by atoms with E-state index in [1.54, 1.807) is 55.6 Å². The lowest BCUT2D eigenvalue weighted by Gasteiger charge is -2.07. The van der Waals surface area contributed by atoms with Gasteiger partial charge in [-0.3, -0.25) is 4.79 Å². The summed E-state index contributed by atoms with van der Waals surface area (Å²) < 4.78 is 5.93. The Morgan fingerprint density at radius 1 is 1.00 bits per heavy atom. The third-order valence-corrected chi connectivity index (χ3v) is 5.30. The zero-order valence-electron chi connectivity index (χ0n) is 15.0. The van der Waals surface area contributed by atoms with E-state index in [0.717, 1.165) is 4.47 Å². The van der Waals surface area contributed by atoms with Crippen molar-refractivity contribution in [3.8, 4) is 11.4 Å². The van der Waals surface area contributed by atoms with Crippen LogP contribution in [-0.4, -0.2) is 28.0 Å². The lowest BCUT2D eigenvalue weighted by molar-refractivity contribution is 0.102. The van der Waals surface area contributed by atoms with Crippen molar-refractivity contribution in [3.05, 3.63) is 74.7 Å². The van der Waals surface area contributed by atoms with Gasteiger partial charge in [-0.1, -0.05) is 39.1 Å². The first-order valence-electron chi connectivity index (χ1n) is 8.42. The number of fused-ring (bicyclic) bond motifs is 1. The second kappa shape index (κ2) is 8.02. The molecule has 0 saturated carbocycles.